The van der Waals surface area contributed by atoms with Gasteiger partial charge in [0.2, 0.25) is 5.91 Å². The van der Waals surface area contributed by atoms with E-state index in [4.69, 9.17) is 10.5 Å². The number of ether oxygens (including phenoxy) is 1. The maximum Gasteiger partial charge on any atom is 0.235 e. The molecule has 0 saturated heterocycles. The molecule has 0 heterocycles. The lowest BCUT2D eigenvalue weighted by molar-refractivity contribution is -0.117. The third-order valence-corrected chi connectivity index (χ3v) is 3.72. The molecule has 2 N–H and O–H groups in total. The average Bonchev–Trinajstić information content (AvgIpc) is 2.24. The van der Waals surface area contributed by atoms with Crippen LogP contribution in [-0.4, -0.2) is 25.4 Å². The molecule has 0 saturated carbocycles. The summed E-state index contributed by atoms with van der Waals surface area (Å²) in [5, 5.41) is -0.312. The van der Waals surface area contributed by atoms with E-state index in [1.807, 2.05) is 24.3 Å². The Morgan fingerprint density at radius 2 is 2.38 bits per heavy atom. The van der Waals surface area contributed by atoms with Crippen molar-refractivity contribution in [3.05, 3.63) is 34.3 Å². The number of benzene rings is 1. The molecule has 0 spiro atoms. The van der Waals surface area contributed by atoms with E-state index in [2.05, 4.69) is 15.9 Å². The van der Waals surface area contributed by atoms with Crippen LogP contribution in [0.25, 0.3) is 0 Å². The van der Waals surface area contributed by atoms with Crippen LogP contribution >= 0.6 is 27.7 Å². The fraction of sp³-hybridized carbons (Fsp3) is 0.364. The molecule has 1 amide bonds. The van der Waals surface area contributed by atoms with Gasteiger partial charge >= 0.3 is 0 Å². The average molecular weight is 304 g/mol. The zero-order valence-electron chi connectivity index (χ0n) is 8.98. The third-order valence-electron chi connectivity index (χ3n) is 1.98. The molecule has 3 nitrogen and oxygen atoms in total. The highest BCUT2D eigenvalue weighted by atomic mass is 79.9. The highest BCUT2D eigenvalue weighted by Crippen LogP contribution is 2.29. The first-order valence-corrected chi connectivity index (χ1v) is 6.64. The second kappa shape index (κ2) is 6.93. The summed E-state index contributed by atoms with van der Waals surface area (Å²) in [7, 11) is 1.64. The Morgan fingerprint density at radius 3 is 2.94 bits per heavy atom. The van der Waals surface area contributed by atoms with Gasteiger partial charge in [-0.25, -0.2) is 0 Å². The van der Waals surface area contributed by atoms with Gasteiger partial charge in [0, 0.05) is 17.3 Å². The van der Waals surface area contributed by atoms with Crippen LogP contribution in [0, 0.1) is 0 Å². The minimum Gasteiger partial charge on any atom is -0.384 e. The number of rotatable bonds is 6. The van der Waals surface area contributed by atoms with Crippen LogP contribution in [0.15, 0.2) is 28.7 Å². The lowest BCUT2D eigenvalue weighted by Crippen LogP contribution is -2.19. The van der Waals surface area contributed by atoms with Crippen LogP contribution in [0.4, 0.5) is 0 Å². The number of hydrogen-bond acceptors (Lipinski definition) is 3. The number of nitrogens with two attached hydrogens (primary N) is 1. The molecule has 1 unspecified atom stereocenters. The van der Waals surface area contributed by atoms with Crippen LogP contribution in [-0.2, 0) is 9.53 Å². The summed E-state index contributed by atoms with van der Waals surface area (Å²) in [4.78, 5) is 11.4. The van der Waals surface area contributed by atoms with Gasteiger partial charge in [-0.15, -0.1) is 11.8 Å². The summed E-state index contributed by atoms with van der Waals surface area (Å²) in [6.07, 6.45) is 0. The fourth-order valence-corrected chi connectivity index (χ4v) is 2.68. The van der Waals surface area contributed by atoms with E-state index >= 15 is 0 Å². The predicted octanol–water partition coefficient (Wildman–Crippen LogP) is 2.36. The molecule has 0 radical (unpaired) electrons. The maximum atomic E-state index is 11.4. The zero-order valence-corrected chi connectivity index (χ0v) is 11.4. The summed E-state index contributed by atoms with van der Waals surface area (Å²) in [5.41, 5.74) is 6.30. The minimum absolute atomic E-state index is 0.312. The molecular formula is C11H14BrNO2S. The molecule has 0 aromatic heterocycles. The van der Waals surface area contributed by atoms with Crippen LogP contribution in [0.1, 0.15) is 10.8 Å². The molecular weight excluding hydrogens is 290 g/mol. The molecule has 1 atom stereocenters. The zero-order chi connectivity index (χ0) is 12.0. The molecule has 1 aromatic carbocycles. The largest absolute Gasteiger partial charge is 0.384 e. The quantitative estimate of drug-likeness (QED) is 0.821. The molecule has 88 valence electrons. The lowest BCUT2D eigenvalue weighted by Gasteiger charge is -2.13. The Bertz CT molecular complexity index is 360. The number of methoxy groups -OCH3 is 1. The Morgan fingerprint density at radius 1 is 1.62 bits per heavy atom. The molecule has 16 heavy (non-hydrogen) atoms. The Hall–Kier alpha value is -0.520. The standard InChI is InChI=1S/C11H14BrNO2S/c1-15-5-6-16-10(11(13)14)8-3-2-4-9(12)7-8/h2-4,7,10H,5-6H2,1H3,(H2,13,14). The van der Waals surface area contributed by atoms with Crippen LogP contribution in [0.2, 0.25) is 0 Å². The van der Waals surface area contributed by atoms with Crippen molar-refractivity contribution in [2.24, 2.45) is 5.73 Å². The second-order valence-corrected chi connectivity index (χ2v) is 5.33. The van der Waals surface area contributed by atoms with Gasteiger partial charge in [0.05, 0.1) is 6.61 Å². The Labute approximate surface area is 108 Å². The monoisotopic (exact) mass is 303 g/mol. The summed E-state index contributed by atoms with van der Waals surface area (Å²) >= 11 is 4.87. The lowest BCUT2D eigenvalue weighted by atomic mass is 10.1. The van der Waals surface area contributed by atoms with Crippen LogP contribution < -0.4 is 5.73 Å². The van der Waals surface area contributed by atoms with Gasteiger partial charge in [-0.1, -0.05) is 28.1 Å². The summed E-state index contributed by atoms with van der Waals surface area (Å²) in [6.45, 7) is 0.614. The number of carbonyl (C=O) groups is 1. The van der Waals surface area contributed by atoms with E-state index in [-0.39, 0.29) is 11.2 Å². The third kappa shape index (κ3) is 4.15. The minimum atomic E-state index is -0.320. The highest BCUT2D eigenvalue weighted by molar-refractivity contribution is 9.10. The van der Waals surface area contributed by atoms with E-state index in [9.17, 15) is 4.79 Å². The molecule has 0 aliphatic carbocycles. The van der Waals surface area contributed by atoms with E-state index in [1.165, 1.54) is 11.8 Å². The van der Waals surface area contributed by atoms with Crippen molar-refractivity contribution in [3.63, 3.8) is 0 Å². The van der Waals surface area contributed by atoms with Gasteiger partial charge in [-0.2, -0.15) is 0 Å². The fourth-order valence-electron chi connectivity index (χ4n) is 1.26. The van der Waals surface area contributed by atoms with E-state index in [0.717, 1.165) is 15.8 Å². The normalized spacial score (nSPS) is 12.4. The number of carbonyl (C=O) groups excluding carboxylic acids is 1. The van der Waals surface area contributed by atoms with Crippen molar-refractivity contribution in [2.45, 2.75) is 5.25 Å². The molecule has 0 fully saturated rings. The molecule has 1 aromatic rings. The molecule has 0 bridgehead atoms. The highest BCUT2D eigenvalue weighted by Gasteiger charge is 2.18. The van der Waals surface area contributed by atoms with Crippen molar-refractivity contribution in [3.8, 4) is 0 Å². The summed E-state index contributed by atoms with van der Waals surface area (Å²) < 4.78 is 5.90. The van der Waals surface area contributed by atoms with Crippen LogP contribution in [0.5, 0.6) is 0 Å². The van der Waals surface area contributed by atoms with Gasteiger partial charge in [-0.3, -0.25) is 4.79 Å². The number of halogens is 1. The first-order chi connectivity index (χ1) is 7.65. The maximum absolute atomic E-state index is 11.4. The summed E-state index contributed by atoms with van der Waals surface area (Å²) in [5.74, 6) is 0.426. The SMILES string of the molecule is COCCSC(C(N)=O)c1cccc(Br)c1. The van der Waals surface area contributed by atoms with Crippen molar-refractivity contribution in [1.82, 2.24) is 0 Å². The molecule has 0 aliphatic rings. The van der Waals surface area contributed by atoms with E-state index in [0.29, 0.717) is 6.61 Å². The molecule has 0 aliphatic heterocycles. The molecule has 5 heteroatoms. The van der Waals surface area contributed by atoms with Gasteiger partial charge in [0.25, 0.3) is 0 Å². The summed E-state index contributed by atoms with van der Waals surface area (Å²) in [6, 6.07) is 7.63. The van der Waals surface area contributed by atoms with Crippen molar-refractivity contribution >= 4 is 33.6 Å². The number of primary amides is 1. The van der Waals surface area contributed by atoms with Gasteiger partial charge < -0.3 is 10.5 Å². The van der Waals surface area contributed by atoms with Gasteiger partial charge in [0.1, 0.15) is 5.25 Å². The number of thioether (sulfide) groups is 1. The van der Waals surface area contributed by atoms with Gasteiger partial charge in [0.15, 0.2) is 0 Å². The van der Waals surface area contributed by atoms with E-state index < -0.39 is 0 Å². The van der Waals surface area contributed by atoms with E-state index in [1.54, 1.807) is 7.11 Å². The smallest absolute Gasteiger partial charge is 0.235 e. The topological polar surface area (TPSA) is 52.3 Å². The van der Waals surface area contributed by atoms with Crippen molar-refractivity contribution < 1.29 is 9.53 Å². The number of hydrogen-bond donors (Lipinski definition) is 1. The Balaban J connectivity index is 2.73. The van der Waals surface area contributed by atoms with Crippen LogP contribution in [0.3, 0.4) is 0 Å². The second-order valence-electron chi connectivity index (χ2n) is 3.20. The first kappa shape index (κ1) is 13.5. The predicted molar refractivity (Wildman–Crippen MR) is 70.4 cm³/mol. The van der Waals surface area contributed by atoms with Crippen molar-refractivity contribution in [2.75, 3.05) is 19.5 Å². The number of amides is 1. The van der Waals surface area contributed by atoms with Crippen molar-refractivity contribution in [1.29, 1.82) is 0 Å². The van der Waals surface area contributed by atoms with Gasteiger partial charge in [-0.05, 0) is 17.7 Å². The Kier molecular flexibility index (Phi) is 5.87. The first-order valence-electron chi connectivity index (χ1n) is 4.80. The molecule has 1 rings (SSSR count).